The summed E-state index contributed by atoms with van der Waals surface area (Å²) in [4.78, 5) is 16.2. The molecule has 0 radical (unpaired) electrons. The highest BCUT2D eigenvalue weighted by molar-refractivity contribution is 6.32. The predicted molar refractivity (Wildman–Crippen MR) is 119 cm³/mol. The number of aromatic nitrogens is 2. The number of aldehydes is 1. The van der Waals surface area contributed by atoms with Crippen LogP contribution < -0.4 is 4.74 Å². The van der Waals surface area contributed by atoms with Crippen molar-refractivity contribution < 1.29 is 22.7 Å². The van der Waals surface area contributed by atoms with Crippen molar-refractivity contribution >= 4 is 29.5 Å². The quantitative estimate of drug-likeness (QED) is 0.525. The third-order valence-corrected chi connectivity index (χ3v) is 7.38. The average molecular weight is 505 g/mol. The zero-order valence-electron chi connectivity index (χ0n) is 18.3. The van der Waals surface area contributed by atoms with Crippen LogP contribution in [0.5, 0.6) is 5.75 Å². The van der Waals surface area contributed by atoms with E-state index in [1.165, 1.54) is 6.92 Å². The Labute approximate surface area is 200 Å². The number of hydrogen-bond acceptors (Lipinski definition) is 5. The van der Waals surface area contributed by atoms with E-state index in [4.69, 9.17) is 27.9 Å². The number of benzene rings is 1. The Morgan fingerprint density at radius 1 is 1.21 bits per heavy atom. The van der Waals surface area contributed by atoms with E-state index in [1.807, 2.05) is 23.1 Å². The number of alkyl halides is 3. The van der Waals surface area contributed by atoms with Gasteiger partial charge in [0.25, 0.3) is 0 Å². The third kappa shape index (κ3) is 4.87. The maximum atomic E-state index is 13.2. The van der Waals surface area contributed by atoms with E-state index >= 15 is 0 Å². The van der Waals surface area contributed by atoms with Crippen molar-refractivity contribution in [2.75, 3.05) is 39.8 Å². The molecular weight excluding hydrogens is 480 g/mol. The van der Waals surface area contributed by atoms with Crippen molar-refractivity contribution in [2.45, 2.75) is 25.7 Å². The maximum Gasteiger partial charge on any atom is 0.436 e. The highest BCUT2D eigenvalue weighted by Gasteiger charge is 2.44. The fourth-order valence-electron chi connectivity index (χ4n) is 4.91. The number of methoxy groups -OCH3 is 1. The van der Waals surface area contributed by atoms with Crippen LogP contribution in [0, 0.1) is 18.8 Å². The van der Waals surface area contributed by atoms with Crippen molar-refractivity contribution in [2.24, 2.45) is 11.8 Å². The molecule has 3 unspecified atom stereocenters. The van der Waals surface area contributed by atoms with Crippen LogP contribution in [0.15, 0.2) is 18.2 Å². The first-order valence-corrected chi connectivity index (χ1v) is 11.4. The monoisotopic (exact) mass is 504 g/mol. The van der Waals surface area contributed by atoms with Gasteiger partial charge in [0, 0.05) is 32.7 Å². The molecule has 4 rings (SSSR count). The normalized spacial score (nSPS) is 22.5. The Kier molecular flexibility index (Phi) is 6.96. The van der Waals surface area contributed by atoms with Gasteiger partial charge in [-0.2, -0.15) is 18.3 Å². The van der Waals surface area contributed by atoms with Crippen LogP contribution in [-0.2, 0) is 17.4 Å². The Morgan fingerprint density at radius 3 is 2.42 bits per heavy atom. The zero-order valence-corrected chi connectivity index (χ0v) is 19.8. The predicted octanol–water partition coefficient (Wildman–Crippen LogP) is 4.33. The summed E-state index contributed by atoms with van der Waals surface area (Å²) in [6.07, 6.45) is -4.07. The van der Waals surface area contributed by atoms with Crippen LogP contribution >= 0.6 is 23.2 Å². The largest absolute Gasteiger partial charge is 0.495 e. The van der Waals surface area contributed by atoms with E-state index in [0.717, 1.165) is 36.3 Å². The molecule has 0 saturated carbocycles. The van der Waals surface area contributed by atoms with Gasteiger partial charge in [-0.1, -0.05) is 29.3 Å². The molecule has 180 valence electrons. The molecule has 1 aromatic heterocycles. The van der Waals surface area contributed by atoms with Gasteiger partial charge in [-0.3, -0.25) is 9.69 Å². The second kappa shape index (κ2) is 9.44. The second-order valence-electron chi connectivity index (χ2n) is 8.69. The molecule has 2 aliphatic heterocycles. The standard InChI is InChI=1S/C22H25Cl2F3N4O2/c1-13-20(24)21(22(25,26)27)28-31(13)19(12-32)30-10-15-8-29(9-16(15)11-30)6-5-14-3-4-17(23)18(7-14)33-2/h3-4,7,12,15-16,19H,5-6,8-11H2,1-2H3. The molecule has 3 atom stereocenters. The van der Waals surface area contributed by atoms with E-state index in [9.17, 15) is 18.0 Å². The van der Waals surface area contributed by atoms with Gasteiger partial charge in [0.2, 0.25) is 0 Å². The lowest BCUT2D eigenvalue weighted by Gasteiger charge is -2.26. The minimum atomic E-state index is -4.67. The maximum absolute atomic E-state index is 13.2. The van der Waals surface area contributed by atoms with Crippen LogP contribution in [0.25, 0.3) is 0 Å². The molecule has 6 nitrogen and oxygen atoms in total. The molecule has 33 heavy (non-hydrogen) atoms. The number of carbonyl (C=O) groups excluding carboxylic acids is 1. The first-order chi connectivity index (χ1) is 15.6. The molecule has 11 heteroatoms. The summed E-state index contributed by atoms with van der Waals surface area (Å²) in [5.74, 6) is 1.35. The number of fused-ring (bicyclic) bond motifs is 1. The number of ether oxygens (including phenoxy) is 1. The molecule has 0 aliphatic carbocycles. The zero-order chi connectivity index (χ0) is 23.9. The lowest BCUT2D eigenvalue weighted by atomic mass is 10.0. The average Bonchev–Trinajstić information content (AvgIpc) is 3.41. The van der Waals surface area contributed by atoms with E-state index in [2.05, 4.69) is 10.00 Å². The first-order valence-electron chi connectivity index (χ1n) is 10.7. The Hall–Kier alpha value is -1.81. The molecule has 2 saturated heterocycles. The van der Waals surface area contributed by atoms with Gasteiger partial charge < -0.3 is 9.64 Å². The Balaban J connectivity index is 1.37. The van der Waals surface area contributed by atoms with Gasteiger partial charge in [-0.05, 0) is 42.9 Å². The molecule has 2 aliphatic rings. The van der Waals surface area contributed by atoms with Crippen molar-refractivity contribution in [1.82, 2.24) is 19.6 Å². The number of nitrogens with zero attached hydrogens (tertiary/aromatic N) is 4. The van der Waals surface area contributed by atoms with Crippen molar-refractivity contribution in [3.05, 3.63) is 45.2 Å². The van der Waals surface area contributed by atoms with Crippen molar-refractivity contribution in [3.8, 4) is 5.75 Å². The minimum Gasteiger partial charge on any atom is -0.495 e. The van der Waals surface area contributed by atoms with E-state index in [-0.39, 0.29) is 5.69 Å². The van der Waals surface area contributed by atoms with Gasteiger partial charge in [-0.25, -0.2) is 4.68 Å². The molecular formula is C22H25Cl2F3N4O2. The van der Waals surface area contributed by atoms with E-state index < -0.39 is 23.1 Å². The smallest absolute Gasteiger partial charge is 0.436 e. The first kappa shape index (κ1) is 24.3. The third-order valence-electron chi connectivity index (χ3n) is 6.61. The Morgan fingerprint density at radius 2 is 1.88 bits per heavy atom. The fourth-order valence-corrected chi connectivity index (χ4v) is 5.33. The molecule has 3 heterocycles. The summed E-state index contributed by atoms with van der Waals surface area (Å²) in [7, 11) is 1.59. The highest BCUT2D eigenvalue weighted by Crippen LogP contribution is 2.38. The number of carbonyl (C=O) groups is 1. The van der Waals surface area contributed by atoms with Gasteiger partial charge >= 0.3 is 6.18 Å². The fraction of sp³-hybridized carbons (Fsp3) is 0.545. The SMILES string of the molecule is COc1cc(CCN2CC3CN(C(C=O)n4nc(C(F)(F)F)c(Cl)c4C)CC3C2)ccc1Cl. The minimum absolute atomic E-state index is 0.137. The van der Waals surface area contributed by atoms with Gasteiger partial charge in [0.1, 0.15) is 5.75 Å². The van der Waals surface area contributed by atoms with Crippen LogP contribution in [0.3, 0.4) is 0 Å². The lowest BCUT2D eigenvalue weighted by molar-refractivity contribution is -0.142. The van der Waals surface area contributed by atoms with Crippen LogP contribution in [0.2, 0.25) is 10.0 Å². The summed E-state index contributed by atoms with van der Waals surface area (Å²) in [6, 6.07) is 5.77. The van der Waals surface area contributed by atoms with Crippen LogP contribution in [0.1, 0.15) is 23.1 Å². The summed E-state index contributed by atoms with van der Waals surface area (Å²) in [5.41, 5.74) is 0.124. The number of rotatable bonds is 7. The molecule has 0 amide bonds. The van der Waals surface area contributed by atoms with Crippen LogP contribution in [-0.4, -0.2) is 65.7 Å². The molecule has 2 aromatic rings. The van der Waals surface area contributed by atoms with E-state index in [1.54, 1.807) is 7.11 Å². The molecule has 0 bridgehead atoms. The number of likely N-dealkylation sites (tertiary alicyclic amines) is 2. The number of hydrogen-bond donors (Lipinski definition) is 0. The van der Waals surface area contributed by atoms with E-state index in [0.29, 0.717) is 42.0 Å². The van der Waals surface area contributed by atoms with Gasteiger partial charge in [-0.15, -0.1) is 0 Å². The van der Waals surface area contributed by atoms with Gasteiger partial charge in [0.05, 0.1) is 22.8 Å². The summed E-state index contributed by atoms with van der Waals surface area (Å²) < 4.78 is 46.0. The number of halogens is 5. The summed E-state index contributed by atoms with van der Waals surface area (Å²) in [6.45, 7) is 5.34. The Bertz CT molecular complexity index is 1020. The van der Waals surface area contributed by atoms with Crippen LogP contribution in [0.4, 0.5) is 13.2 Å². The summed E-state index contributed by atoms with van der Waals surface area (Å²) in [5, 5.41) is 3.77. The topological polar surface area (TPSA) is 50.6 Å². The van der Waals surface area contributed by atoms with Gasteiger partial charge in [0.15, 0.2) is 18.1 Å². The molecule has 2 fully saturated rings. The van der Waals surface area contributed by atoms with Crippen molar-refractivity contribution in [3.63, 3.8) is 0 Å². The van der Waals surface area contributed by atoms with Crippen molar-refractivity contribution in [1.29, 1.82) is 0 Å². The molecule has 0 spiro atoms. The second-order valence-corrected chi connectivity index (χ2v) is 9.48. The molecule has 1 aromatic carbocycles. The summed E-state index contributed by atoms with van der Waals surface area (Å²) >= 11 is 12.0. The lowest BCUT2D eigenvalue weighted by Crippen LogP contribution is -2.36. The molecule has 0 N–H and O–H groups in total. The highest BCUT2D eigenvalue weighted by atomic mass is 35.5.